The summed E-state index contributed by atoms with van der Waals surface area (Å²) in [7, 11) is 0. The first kappa shape index (κ1) is 9.19. The maximum atomic E-state index is 10.7. The van der Waals surface area contributed by atoms with Gasteiger partial charge in [0.05, 0.1) is 0 Å². The van der Waals surface area contributed by atoms with Crippen LogP contribution in [0.1, 0.15) is 12.8 Å². The van der Waals surface area contributed by atoms with E-state index >= 15 is 0 Å². The second-order valence-electron chi connectivity index (χ2n) is 3.67. The SMILES string of the molecule is O=CC1CCCN(c2ccccn2)C1. The van der Waals surface area contributed by atoms with Gasteiger partial charge in [-0.15, -0.1) is 0 Å². The highest BCUT2D eigenvalue weighted by Gasteiger charge is 2.19. The number of nitrogens with zero attached hydrogens (tertiary/aromatic N) is 2. The van der Waals surface area contributed by atoms with Gasteiger partial charge in [-0.3, -0.25) is 0 Å². The van der Waals surface area contributed by atoms with E-state index < -0.39 is 0 Å². The number of carbonyl (C=O) groups excluding carboxylic acids is 1. The van der Waals surface area contributed by atoms with Crippen molar-refractivity contribution < 1.29 is 4.79 Å². The third-order valence-corrected chi connectivity index (χ3v) is 2.62. The zero-order valence-corrected chi connectivity index (χ0v) is 8.10. The van der Waals surface area contributed by atoms with Crippen LogP contribution in [0.5, 0.6) is 0 Å². The van der Waals surface area contributed by atoms with Crippen molar-refractivity contribution in [1.82, 2.24) is 4.98 Å². The van der Waals surface area contributed by atoms with Gasteiger partial charge in [-0.2, -0.15) is 0 Å². The summed E-state index contributed by atoms with van der Waals surface area (Å²) < 4.78 is 0. The van der Waals surface area contributed by atoms with Crippen LogP contribution < -0.4 is 4.90 Å². The van der Waals surface area contributed by atoms with Crippen molar-refractivity contribution in [3.8, 4) is 0 Å². The molecule has 1 atom stereocenters. The summed E-state index contributed by atoms with van der Waals surface area (Å²) in [5, 5.41) is 0. The Bertz CT molecular complexity index is 299. The van der Waals surface area contributed by atoms with Gasteiger partial charge in [0.15, 0.2) is 0 Å². The molecule has 2 heterocycles. The van der Waals surface area contributed by atoms with Crippen molar-refractivity contribution in [2.24, 2.45) is 5.92 Å². The van der Waals surface area contributed by atoms with Gasteiger partial charge in [0, 0.05) is 25.2 Å². The normalized spacial score (nSPS) is 22.0. The molecule has 74 valence electrons. The molecule has 0 aromatic carbocycles. The molecule has 1 saturated heterocycles. The van der Waals surface area contributed by atoms with Crippen molar-refractivity contribution >= 4 is 12.1 Å². The maximum Gasteiger partial charge on any atom is 0.128 e. The molecule has 1 aromatic rings. The van der Waals surface area contributed by atoms with Gasteiger partial charge in [-0.05, 0) is 25.0 Å². The molecule has 14 heavy (non-hydrogen) atoms. The highest BCUT2D eigenvalue weighted by atomic mass is 16.1. The Morgan fingerprint density at radius 1 is 1.50 bits per heavy atom. The van der Waals surface area contributed by atoms with Crippen molar-refractivity contribution in [1.29, 1.82) is 0 Å². The summed E-state index contributed by atoms with van der Waals surface area (Å²) in [6, 6.07) is 5.88. The van der Waals surface area contributed by atoms with Crippen molar-refractivity contribution in [2.45, 2.75) is 12.8 Å². The van der Waals surface area contributed by atoms with Crippen LogP contribution in [0.4, 0.5) is 5.82 Å². The molecule has 3 nitrogen and oxygen atoms in total. The Balaban J connectivity index is 2.08. The molecule has 0 N–H and O–H groups in total. The van der Waals surface area contributed by atoms with Gasteiger partial charge < -0.3 is 9.69 Å². The minimum absolute atomic E-state index is 0.186. The van der Waals surface area contributed by atoms with Crippen molar-refractivity contribution in [3.05, 3.63) is 24.4 Å². The summed E-state index contributed by atoms with van der Waals surface area (Å²) in [4.78, 5) is 17.2. The summed E-state index contributed by atoms with van der Waals surface area (Å²) >= 11 is 0. The van der Waals surface area contributed by atoms with Gasteiger partial charge in [-0.25, -0.2) is 4.98 Å². The molecule has 1 unspecified atom stereocenters. The standard InChI is InChI=1S/C11H14N2O/c14-9-10-4-3-7-13(8-10)11-5-1-2-6-12-11/h1-2,5-6,9-10H,3-4,7-8H2. The first-order valence-electron chi connectivity index (χ1n) is 5.01. The zero-order chi connectivity index (χ0) is 9.80. The van der Waals surface area contributed by atoms with E-state index in [1.165, 1.54) is 0 Å². The van der Waals surface area contributed by atoms with E-state index in [2.05, 4.69) is 9.88 Å². The number of hydrogen-bond donors (Lipinski definition) is 0. The lowest BCUT2D eigenvalue weighted by Gasteiger charge is -2.30. The van der Waals surface area contributed by atoms with Gasteiger partial charge >= 0.3 is 0 Å². The maximum absolute atomic E-state index is 10.7. The lowest BCUT2D eigenvalue weighted by atomic mass is 10.00. The fourth-order valence-corrected chi connectivity index (χ4v) is 1.87. The molecular weight excluding hydrogens is 176 g/mol. The van der Waals surface area contributed by atoms with E-state index in [0.717, 1.165) is 38.0 Å². The number of anilines is 1. The fraction of sp³-hybridized carbons (Fsp3) is 0.455. The first-order chi connectivity index (χ1) is 6.90. The summed E-state index contributed by atoms with van der Waals surface area (Å²) in [6.07, 6.45) is 4.96. The lowest BCUT2D eigenvalue weighted by Crippen LogP contribution is -2.36. The number of carbonyl (C=O) groups is 1. The molecule has 1 aromatic heterocycles. The quantitative estimate of drug-likeness (QED) is 0.662. The van der Waals surface area contributed by atoms with E-state index in [1.54, 1.807) is 6.20 Å². The number of pyridine rings is 1. The number of aromatic nitrogens is 1. The third-order valence-electron chi connectivity index (χ3n) is 2.62. The molecule has 1 fully saturated rings. The molecule has 0 amide bonds. The Hall–Kier alpha value is -1.38. The average molecular weight is 190 g/mol. The predicted octanol–water partition coefficient (Wildman–Crippen LogP) is 1.50. The molecule has 0 bridgehead atoms. The zero-order valence-electron chi connectivity index (χ0n) is 8.10. The molecule has 0 radical (unpaired) electrons. The summed E-state index contributed by atoms with van der Waals surface area (Å²) in [5.41, 5.74) is 0. The van der Waals surface area contributed by atoms with E-state index in [9.17, 15) is 4.79 Å². The van der Waals surface area contributed by atoms with Gasteiger partial charge in [0.25, 0.3) is 0 Å². The van der Waals surface area contributed by atoms with E-state index in [4.69, 9.17) is 0 Å². The number of rotatable bonds is 2. The molecule has 0 aliphatic carbocycles. The molecular formula is C11H14N2O. The van der Waals surface area contributed by atoms with E-state index in [0.29, 0.717) is 0 Å². The molecule has 3 heteroatoms. The second-order valence-corrected chi connectivity index (χ2v) is 3.67. The largest absolute Gasteiger partial charge is 0.356 e. The molecule has 1 aliphatic rings. The molecule has 2 rings (SSSR count). The highest BCUT2D eigenvalue weighted by molar-refractivity contribution is 5.56. The summed E-state index contributed by atoms with van der Waals surface area (Å²) in [6.45, 7) is 1.84. The Morgan fingerprint density at radius 3 is 3.14 bits per heavy atom. The minimum Gasteiger partial charge on any atom is -0.356 e. The average Bonchev–Trinajstić information content (AvgIpc) is 2.30. The predicted molar refractivity (Wildman–Crippen MR) is 55.2 cm³/mol. The topological polar surface area (TPSA) is 33.2 Å². The van der Waals surface area contributed by atoms with Crippen LogP contribution in [0.25, 0.3) is 0 Å². The van der Waals surface area contributed by atoms with Gasteiger partial charge in [-0.1, -0.05) is 6.07 Å². The molecule has 0 saturated carbocycles. The Morgan fingerprint density at radius 2 is 2.43 bits per heavy atom. The Kier molecular flexibility index (Phi) is 2.77. The minimum atomic E-state index is 0.186. The highest BCUT2D eigenvalue weighted by Crippen LogP contribution is 2.19. The van der Waals surface area contributed by atoms with Crippen molar-refractivity contribution in [3.63, 3.8) is 0 Å². The number of hydrogen-bond acceptors (Lipinski definition) is 3. The van der Waals surface area contributed by atoms with Crippen LogP contribution in [0, 0.1) is 5.92 Å². The van der Waals surface area contributed by atoms with Crippen LogP contribution in [0.2, 0.25) is 0 Å². The second kappa shape index (κ2) is 4.22. The number of aldehydes is 1. The van der Waals surface area contributed by atoms with Crippen molar-refractivity contribution in [2.75, 3.05) is 18.0 Å². The fourth-order valence-electron chi connectivity index (χ4n) is 1.87. The van der Waals surface area contributed by atoms with E-state index in [1.807, 2.05) is 18.2 Å². The smallest absolute Gasteiger partial charge is 0.128 e. The summed E-state index contributed by atoms with van der Waals surface area (Å²) in [5.74, 6) is 1.17. The van der Waals surface area contributed by atoms with Gasteiger partial charge in [0.2, 0.25) is 0 Å². The van der Waals surface area contributed by atoms with Crippen LogP contribution in [-0.4, -0.2) is 24.4 Å². The molecule has 0 spiro atoms. The lowest BCUT2D eigenvalue weighted by molar-refractivity contribution is -0.111. The molecule has 1 aliphatic heterocycles. The van der Waals surface area contributed by atoms with Gasteiger partial charge in [0.1, 0.15) is 12.1 Å². The monoisotopic (exact) mass is 190 g/mol. The van der Waals surface area contributed by atoms with Crippen LogP contribution in [0.15, 0.2) is 24.4 Å². The third kappa shape index (κ3) is 1.92. The van der Waals surface area contributed by atoms with Crippen LogP contribution in [0.3, 0.4) is 0 Å². The first-order valence-corrected chi connectivity index (χ1v) is 5.01. The Labute approximate surface area is 83.8 Å². The van der Waals surface area contributed by atoms with Crippen LogP contribution >= 0.6 is 0 Å². The number of piperidine rings is 1. The van der Waals surface area contributed by atoms with E-state index in [-0.39, 0.29) is 5.92 Å². The van der Waals surface area contributed by atoms with Crippen LogP contribution in [-0.2, 0) is 4.79 Å².